The largest absolute Gasteiger partial charge is 0.352 e. The number of halogens is 1. The number of aromatic amines is 1. The summed E-state index contributed by atoms with van der Waals surface area (Å²) in [6, 6.07) is 6.86. The number of aromatic nitrogens is 2. The summed E-state index contributed by atoms with van der Waals surface area (Å²) in [6.45, 7) is 0.541. The van der Waals surface area contributed by atoms with Crippen molar-refractivity contribution in [3.8, 4) is 0 Å². The molecule has 5 heteroatoms. The van der Waals surface area contributed by atoms with Crippen molar-refractivity contribution >= 4 is 17.5 Å². The minimum atomic E-state index is -0.126. The highest BCUT2D eigenvalue weighted by Gasteiger charge is 2.05. The third-order valence-electron chi connectivity index (χ3n) is 2.29. The SMILES string of the molecule is O=C(NCCc1ncc[nH]1)c1cccc(Cl)c1. The fourth-order valence-electron chi connectivity index (χ4n) is 1.46. The normalized spacial score (nSPS) is 10.2. The lowest BCUT2D eigenvalue weighted by Crippen LogP contribution is -2.25. The van der Waals surface area contributed by atoms with Crippen molar-refractivity contribution in [2.75, 3.05) is 6.54 Å². The zero-order valence-corrected chi connectivity index (χ0v) is 9.87. The van der Waals surface area contributed by atoms with Crippen LogP contribution in [0, 0.1) is 0 Å². The van der Waals surface area contributed by atoms with Crippen LogP contribution in [-0.2, 0) is 6.42 Å². The molecule has 0 saturated heterocycles. The molecule has 0 aliphatic heterocycles. The van der Waals surface area contributed by atoms with Crippen molar-refractivity contribution < 1.29 is 4.79 Å². The van der Waals surface area contributed by atoms with Crippen LogP contribution >= 0.6 is 11.6 Å². The van der Waals surface area contributed by atoms with E-state index in [-0.39, 0.29) is 5.91 Å². The van der Waals surface area contributed by atoms with Gasteiger partial charge in [0.05, 0.1) is 0 Å². The molecule has 1 aromatic heterocycles. The van der Waals surface area contributed by atoms with E-state index in [9.17, 15) is 4.79 Å². The van der Waals surface area contributed by atoms with Gasteiger partial charge in [0.15, 0.2) is 0 Å². The van der Waals surface area contributed by atoms with E-state index in [2.05, 4.69) is 15.3 Å². The molecule has 1 aromatic carbocycles. The molecule has 17 heavy (non-hydrogen) atoms. The molecule has 0 radical (unpaired) electrons. The lowest BCUT2D eigenvalue weighted by atomic mass is 10.2. The number of hydrogen-bond acceptors (Lipinski definition) is 2. The van der Waals surface area contributed by atoms with Crippen LogP contribution in [-0.4, -0.2) is 22.4 Å². The quantitative estimate of drug-likeness (QED) is 0.871. The number of benzene rings is 1. The van der Waals surface area contributed by atoms with Crippen molar-refractivity contribution in [1.29, 1.82) is 0 Å². The maximum absolute atomic E-state index is 11.7. The van der Waals surface area contributed by atoms with Crippen molar-refractivity contribution in [3.63, 3.8) is 0 Å². The summed E-state index contributed by atoms with van der Waals surface area (Å²) >= 11 is 5.81. The Bertz CT molecular complexity index is 496. The molecule has 0 aliphatic carbocycles. The monoisotopic (exact) mass is 249 g/mol. The smallest absolute Gasteiger partial charge is 0.251 e. The van der Waals surface area contributed by atoms with Crippen LogP contribution in [0.15, 0.2) is 36.7 Å². The standard InChI is InChI=1S/C12H12ClN3O/c13-10-3-1-2-9(8-10)12(17)16-5-4-11-14-6-7-15-11/h1-3,6-8H,4-5H2,(H,14,15)(H,16,17). The van der Waals surface area contributed by atoms with Crippen LogP contribution in [0.2, 0.25) is 5.02 Å². The van der Waals surface area contributed by atoms with E-state index >= 15 is 0 Å². The molecule has 0 aliphatic rings. The van der Waals surface area contributed by atoms with Gasteiger partial charge in [0.2, 0.25) is 0 Å². The second kappa shape index (κ2) is 5.50. The number of H-pyrrole nitrogens is 1. The lowest BCUT2D eigenvalue weighted by molar-refractivity contribution is 0.0954. The molecule has 2 rings (SSSR count). The number of nitrogens with zero attached hydrogens (tertiary/aromatic N) is 1. The van der Waals surface area contributed by atoms with E-state index in [0.29, 0.717) is 23.6 Å². The van der Waals surface area contributed by atoms with Gasteiger partial charge in [0, 0.05) is 35.9 Å². The first kappa shape index (κ1) is 11.7. The molecule has 0 saturated carbocycles. The molecular formula is C12H12ClN3O. The average molecular weight is 250 g/mol. The van der Waals surface area contributed by atoms with Crippen LogP contribution in [0.25, 0.3) is 0 Å². The summed E-state index contributed by atoms with van der Waals surface area (Å²) in [4.78, 5) is 18.8. The van der Waals surface area contributed by atoms with Crippen LogP contribution in [0.3, 0.4) is 0 Å². The number of amides is 1. The first-order chi connectivity index (χ1) is 8.25. The predicted octanol–water partition coefficient (Wildman–Crippen LogP) is 2.04. The topological polar surface area (TPSA) is 57.8 Å². The number of rotatable bonds is 4. The van der Waals surface area contributed by atoms with E-state index < -0.39 is 0 Å². The van der Waals surface area contributed by atoms with Gasteiger partial charge in [-0.2, -0.15) is 0 Å². The highest BCUT2D eigenvalue weighted by molar-refractivity contribution is 6.30. The van der Waals surface area contributed by atoms with Crippen LogP contribution in [0.4, 0.5) is 0 Å². The van der Waals surface area contributed by atoms with E-state index in [1.807, 2.05) is 0 Å². The van der Waals surface area contributed by atoms with Crippen LogP contribution in [0.5, 0.6) is 0 Å². The highest BCUT2D eigenvalue weighted by atomic mass is 35.5. The van der Waals surface area contributed by atoms with Crippen LogP contribution in [0.1, 0.15) is 16.2 Å². The predicted molar refractivity (Wildman–Crippen MR) is 66.1 cm³/mol. The van der Waals surface area contributed by atoms with Gasteiger partial charge in [-0.1, -0.05) is 17.7 Å². The number of carbonyl (C=O) groups is 1. The Labute approximate surface area is 104 Å². The summed E-state index contributed by atoms with van der Waals surface area (Å²) < 4.78 is 0. The minimum absolute atomic E-state index is 0.126. The Morgan fingerprint density at radius 3 is 3.06 bits per heavy atom. The van der Waals surface area contributed by atoms with Gasteiger partial charge < -0.3 is 10.3 Å². The summed E-state index contributed by atoms with van der Waals surface area (Å²) in [5.41, 5.74) is 0.567. The number of carbonyl (C=O) groups excluding carboxylic acids is 1. The zero-order chi connectivity index (χ0) is 12.1. The summed E-state index contributed by atoms with van der Waals surface area (Å²) in [6.07, 6.45) is 4.13. The van der Waals surface area contributed by atoms with Crippen LogP contribution < -0.4 is 5.32 Å². The minimum Gasteiger partial charge on any atom is -0.352 e. The maximum atomic E-state index is 11.7. The van der Waals surface area contributed by atoms with Gasteiger partial charge in [-0.05, 0) is 18.2 Å². The Kier molecular flexibility index (Phi) is 3.77. The Hall–Kier alpha value is -1.81. The van der Waals surface area contributed by atoms with E-state index in [4.69, 9.17) is 11.6 Å². The Morgan fingerprint density at radius 1 is 1.47 bits per heavy atom. The average Bonchev–Trinajstić information content (AvgIpc) is 2.82. The molecule has 4 nitrogen and oxygen atoms in total. The van der Waals surface area contributed by atoms with E-state index in [0.717, 1.165) is 5.82 Å². The van der Waals surface area contributed by atoms with Gasteiger partial charge in [0.1, 0.15) is 5.82 Å². The van der Waals surface area contributed by atoms with Crippen molar-refractivity contribution in [2.24, 2.45) is 0 Å². The van der Waals surface area contributed by atoms with Gasteiger partial charge in [-0.3, -0.25) is 4.79 Å². The van der Waals surface area contributed by atoms with Crippen molar-refractivity contribution in [2.45, 2.75) is 6.42 Å². The summed E-state index contributed by atoms with van der Waals surface area (Å²) in [5.74, 6) is 0.732. The van der Waals surface area contributed by atoms with Gasteiger partial charge in [0.25, 0.3) is 5.91 Å². The second-order valence-corrected chi connectivity index (χ2v) is 3.99. The molecule has 2 aromatic rings. The Balaban J connectivity index is 1.85. The van der Waals surface area contributed by atoms with Gasteiger partial charge >= 0.3 is 0 Å². The van der Waals surface area contributed by atoms with Crippen molar-refractivity contribution in [1.82, 2.24) is 15.3 Å². The third kappa shape index (κ3) is 3.32. The van der Waals surface area contributed by atoms with E-state index in [1.165, 1.54) is 0 Å². The van der Waals surface area contributed by atoms with Gasteiger partial charge in [-0.25, -0.2) is 4.98 Å². The Morgan fingerprint density at radius 2 is 2.35 bits per heavy atom. The number of hydrogen-bond donors (Lipinski definition) is 2. The molecule has 1 heterocycles. The number of nitrogens with one attached hydrogen (secondary N) is 2. The molecule has 2 N–H and O–H groups in total. The molecule has 88 valence electrons. The summed E-state index contributed by atoms with van der Waals surface area (Å²) in [7, 11) is 0. The second-order valence-electron chi connectivity index (χ2n) is 3.55. The fourth-order valence-corrected chi connectivity index (χ4v) is 1.65. The summed E-state index contributed by atoms with van der Waals surface area (Å²) in [5, 5.41) is 3.37. The van der Waals surface area contributed by atoms with Crippen molar-refractivity contribution in [3.05, 3.63) is 53.1 Å². The lowest BCUT2D eigenvalue weighted by Gasteiger charge is -2.04. The third-order valence-corrected chi connectivity index (χ3v) is 2.52. The van der Waals surface area contributed by atoms with Gasteiger partial charge in [-0.15, -0.1) is 0 Å². The molecule has 0 fully saturated rings. The zero-order valence-electron chi connectivity index (χ0n) is 9.11. The molecular weight excluding hydrogens is 238 g/mol. The number of imidazole rings is 1. The van der Waals surface area contributed by atoms with E-state index in [1.54, 1.807) is 36.7 Å². The molecule has 1 amide bonds. The highest BCUT2D eigenvalue weighted by Crippen LogP contribution is 2.10. The molecule has 0 spiro atoms. The first-order valence-electron chi connectivity index (χ1n) is 5.28. The molecule has 0 unspecified atom stereocenters. The fraction of sp³-hybridized carbons (Fsp3) is 0.167. The maximum Gasteiger partial charge on any atom is 0.251 e. The first-order valence-corrected chi connectivity index (χ1v) is 5.65. The molecule has 0 bridgehead atoms. The molecule has 0 atom stereocenters.